The van der Waals surface area contributed by atoms with E-state index in [1.165, 1.54) is 47.7 Å². The van der Waals surface area contributed by atoms with Crippen molar-refractivity contribution < 1.29 is 141 Å². The summed E-state index contributed by atoms with van der Waals surface area (Å²) in [5.41, 5.74) is 16.0. The van der Waals surface area contributed by atoms with Gasteiger partial charge in [0.25, 0.3) is 21.6 Å². The number of nitrogens with zero attached hydrogens (tertiary/aromatic N) is 8. The summed E-state index contributed by atoms with van der Waals surface area (Å²) in [5.74, 6) is 6.40. The van der Waals surface area contributed by atoms with Gasteiger partial charge in [-0.1, -0.05) is 138 Å². The number of rotatable bonds is 20. The van der Waals surface area contributed by atoms with Gasteiger partial charge in [0.2, 0.25) is 34.0 Å². The molecule has 3 aliphatic rings. The van der Waals surface area contributed by atoms with E-state index in [4.69, 9.17) is 27.1 Å². The second kappa shape index (κ2) is 39.3. The minimum absolute atomic E-state index is 0. The van der Waals surface area contributed by atoms with Crippen LogP contribution >= 0.6 is 23.1 Å². The Morgan fingerprint density at radius 2 is 0.855 bits per heavy atom. The van der Waals surface area contributed by atoms with E-state index in [1.54, 1.807) is 6.26 Å². The zero-order valence-corrected chi connectivity index (χ0v) is 73.2. The van der Waals surface area contributed by atoms with Crippen molar-refractivity contribution in [1.82, 2.24) is 0 Å². The lowest BCUT2D eigenvalue weighted by molar-refractivity contribution is -0.674. The number of hydrogen-bond acceptors (Lipinski definition) is 12. The minimum atomic E-state index is 0. The Hall–Kier alpha value is -8.93. The molecule has 0 radical (unpaired) electrons. The Kier molecular flexibility index (Phi) is 29.9. The Labute approximate surface area is 720 Å². The number of benzene rings is 8. The summed E-state index contributed by atoms with van der Waals surface area (Å²) >= 11 is 3.71. The molecule has 20 heteroatoms. The van der Waals surface area contributed by atoms with E-state index < -0.39 is 0 Å². The van der Waals surface area contributed by atoms with E-state index >= 15 is 0 Å². The van der Waals surface area contributed by atoms with Crippen molar-refractivity contribution in [2.45, 2.75) is 79.5 Å². The monoisotopic (exact) mass is 1950 g/mol. The first-order chi connectivity index (χ1) is 52.0. The van der Waals surface area contributed by atoms with E-state index in [9.17, 15) is 0 Å². The third-order valence-electron chi connectivity index (χ3n) is 18.7. The van der Waals surface area contributed by atoms with E-state index in [-0.39, 0.29) is 95.9 Å². The maximum absolute atomic E-state index is 6.29. The molecule has 16 rings (SSSR count). The average Bonchev–Trinajstić information content (AvgIpc) is 1.64. The fraction of sp³-hybridized carbons (Fsp3) is 0.178. The fourth-order valence-corrected chi connectivity index (χ4v) is 15.9. The third-order valence-corrected chi connectivity index (χ3v) is 20.9. The number of allylic oxidation sites excluding steroid dienone is 9. The van der Waals surface area contributed by atoms with Crippen LogP contribution in [0.3, 0.4) is 0 Å². The maximum Gasteiger partial charge on any atom is 0.374 e. The summed E-state index contributed by atoms with van der Waals surface area (Å²) in [7, 11) is 4.14. The first kappa shape index (κ1) is 83.5. The van der Waals surface area contributed by atoms with Crippen LogP contribution in [-0.2, 0) is 26.2 Å². The average molecular weight is 1950 g/mol. The molecule has 0 N–H and O–H groups in total. The van der Waals surface area contributed by atoms with Gasteiger partial charge in [-0.25, -0.2) is 0 Å². The summed E-state index contributed by atoms with van der Waals surface area (Å²) in [4.78, 5) is 10.2. The molecular formula is C90H88I4N8O6S2. The summed E-state index contributed by atoms with van der Waals surface area (Å²) in [6.45, 7) is 20.9. The Morgan fingerprint density at radius 3 is 1.36 bits per heavy atom. The van der Waals surface area contributed by atoms with Crippen LogP contribution in [0.2, 0.25) is 0 Å². The summed E-state index contributed by atoms with van der Waals surface area (Å²) in [6, 6.07) is 70.4. The number of thioether (sulfide) groups is 1. The van der Waals surface area contributed by atoms with Crippen LogP contribution in [0.4, 0.5) is 22.7 Å². The first-order valence-corrected chi connectivity index (χ1v) is 38.1. The number of fused-ring (bicyclic) bond motifs is 7. The molecule has 0 aliphatic carbocycles. The first-order valence-electron chi connectivity index (χ1n) is 36.5. The number of aryl methyl sites for hydroxylation is 4. The molecule has 13 aromatic rings. The summed E-state index contributed by atoms with van der Waals surface area (Å²) in [6.07, 6.45) is 27.0. The van der Waals surface area contributed by atoms with Crippen molar-refractivity contribution in [3.63, 3.8) is 0 Å². The second-order valence-electron chi connectivity index (χ2n) is 25.4. The van der Waals surface area contributed by atoms with Gasteiger partial charge in [0.1, 0.15) is 36.6 Å². The molecule has 0 saturated heterocycles. The van der Waals surface area contributed by atoms with Gasteiger partial charge >= 0.3 is 17.7 Å². The van der Waals surface area contributed by atoms with Crippen molar-refractivity contribution in [3.05, 3.63) is 316 Å². The molecule has 564 valence electrons. The normalized spacial score (nSPS) is 14.4. The molecule has 0 atom stereocenters. The predicted molar refractivity (Wildman–Crippen MR) is 434 cm³/mol. The molecule has 3 aliphatic heterocycles. The molecule has 8 aromatic carbocycles. The van der Waals surface area contributed by atoms with Crippen LogP contribution in [0.25, 0.3) is 80.0 Å². The SMILES string of the molecule is CCN1C(=CC(C=Cc2ccc(N(C)C)cc2)=Cc2sc3ccccc3[n+]2CC)Sc2ccccc21.CCN1C(=CC(C=Cc2ccco2)=Cc2oc3ccccc3[n+]2CC)Oc2ccccc21.CCN1C(=CC(C=Cc2oc3ccccc3[n+]2CC)=Cc2oc3ccccc3[n+]2CC)Oc2ccccc21.[I-].[I-].[I-].[I-]. The van der Waals surface area contributed by atoms with Crippen LogP contribution in [-0.4, -0.2) is 33.7 Å². The smallest absolute Gasteiger partial charge is 0.374 e. The number of hydrogen-bond donors (Lipinski definition) is 0. The van der Waals surface area contributed by atoms with Crippen molar-refractivity contribution in [2.75, 3.05) is 53.3 Å². The summed E-state index contributed by atoms with van der Waals surface area (Å²) in [5, 5.41) is 2.53. The Balaban J connectivity index is 0.000000173. The molecule has 0 amide bonds. The van der Waals surface area contributed by atoms with Gasteiger partial charge in [-0.05, 0) is 174 Å². The van der Waals surface area contributed by atoms with Crippen LogP contribution in [0.15, 0.2) is 305 Å². The molecule has 0 unspecified atom stereocenters. The highest BCUT2D eigenvalue weighted by molar-refractivity contribution is 8.03. The van der Waals surface area contributed by atoms with Gasteiger partial charge in [-0.15, -0.1) is 0 Å². The molecule has 0 fully saturated rings. The van der Waals surface area contributed by atoms with Crippen molar-refractivity contribution in [1.29, 1.82) is 0 Å². The molecule has 0 spiro atoms. The standard InChI is InChI=1S/C32H31N3O3.C31H32N3S2.C27H25N2O3.4HI/c1-4-33-24-13-7-10-16-27(24)36-30(33)20-19-23(21-31-34(5-2)25-14-8-11-17-28(25)37-31)22-32-35(6-3)26-15-9-12-18-29(26)38-32;1-5-33-26-11-7-9-13-28(26)35-30(33)21-24(16-15-23-17-19-25(20-18-23)32(3)4)22-31-34(6-2)27-12-8-10-14-29(27)36-31;1-3-28-22-11-5-7-13-24(22)31-26(28)18-20(15-16-21-10-9-17-30-21)19-27-29(4-2)23-12-6-8-14-25(23)32-27;;;;/h7-22H,4-6H2,1-3H3;7-22H,5-6H2,1-4H3;5-19H,3-4H2,1-2H3;4*1H/q+2;2*+1;;;;/p-4. The van der Waals surface area contributed by atoms with E-state index in [2.05, 4.69) is 246 Å². The van der Waals surface area contributed by atoms with Crippen LogP contribution in [0.5, 0.6) is 11.5 Å². The number of oxazole rings is 3. The maximum atomic E-state index is 6.29. The van der Waals surface area contributed by atoms with Gasteiger partial charge in [-0.3, -0.25) is 0 Å². The number of anilines is 4. The van der Waals surface area contributed by atoms with Crippen molar-refractivity contribution >= 4 is 126 Å². The van der Waals surface area contributed by atoms with Gasteiger partial charge in [0.05, 0.1) is 46.6 Å². The third kappa shape index (κ3) is 18.6. The lowest BCUT2D eigenvalue weighted by Crippen LogP contribution is -3.00. The highest BCUT2D eigenvalue weighted by Gasteiger charge is 2.30. The molecule has 110 heavy (non-hydrogen) atoms. The second-order valence-corrected chi connectivity index (χ2v) is 27.6. The van der Waals surface area contributed by atoms with Gasteiger partial charge < -0.3 is 143 Å². The Morgan fingerprint density at radius 1 is 0.409 bits per heavy atom. The minimum Gasteiger partial charge on any atom is -1.00 e. The molecule has 8 heterocycles. The van der Waals surface area contributed by atoms with Gasteiger partial charge in [0.15, 0.2) is 11.5 Å². The van der Waals surface area contributed by atoms with Crippen LogP contribution in [0, 0.1) is 0 Å². The molecule has 0 saturated carbocycles. The predicted octanol–water partition coefficient (Wildman–Crippen LogP) is 8.70. The molecule has 14 nitrogen and oxygen atoms in total. The fourth-order valence-electron chi connectivity index (χ4n) is 13.5. The lowest BCUT2D eigenvalue weighted by Gasteiger charge is -2.18. The number of halogens is 4. The van der Waals surface area contributed by atoms with Crippen LogP contribution in [0.1, 0.15) is 82.5 Å². The largest absolute Gasteiger partial charge is 1.00 e. The number of thiazole rings is 1. The lowest BCUT2D eigenvalue weighted by atomic mass is 10.1. The molecular weight excluding hydrogens is 1860 g/mol. The zero-order valence-electron chi connectivity index (χ0n) is 62.9. The zero-order chi connectivity index (χ0) is 73.0. The number of aromatic nitrogens is 4. The topological polar surface area (TPSA) is 99.5 Å². The van der Waals surface area contributed by atoms with E-state index in [0.29, 0.717) is 0 Å². The molecule has 5 aromatic heterocycles. The number of ether oxygens (including phenoxy) is 2. The van der Waals surface area contributed by atoms with Gasteiger partial charge in [0, 0.05) is 86.8 Å². The highest BCUT2D eigenvalue weighted by atomic mass is 127. The number of para-hydroxylation sites is 12. The molecule has 0 bridgehead atoms. The highest BCUT2D eigenvalue weighted by Crippen LogP contribution is 2.47. The van der Waals surface area contributed by atoms with Crippen molar-refractivity contribution in [3.8, 4) is 11.5 Å². The van der Waals surface area contributed by atoms with E-state index in [1.807, 2.05) is 157 Å². The summed E-state index contributed by atoms with van der Waals surface area (Å²) < 4.78 is 46.9. The van der Waals surface area contributed by atoms with Crippen molar-refractivity contribution in [2.24, 2.45) is 0 Å². The van der Waals surface area contributed by atoms with E-state index in [0.717, 1.165) is 148 Å². The van der Waals surface area contributed by atoms with Gasteiger partial charge in [-0.2, -0.15) is 18.3 Å². The quantitative estimate of drug-likeness (QED) is 0.0417. The van der Waals surface area contributed by atoms with Crippen LogP contribution < -0.4 is 143 Å². The number of furan rings is 1. The Bertz CT molecular complexity index is 5620.